The third kappa shape index (κ3) is 1.85. The number of benzene rings is 1. The van der Waals surface area contributed by atoms with Crippen molar-refractivity contribution in [1.82, 2.24) is 4.57 Å². The van der Waals surface area contributed by atoms with Crippen molar-refractivity contribution < 1.29 is 15.0 Å². The maximum atomic E-state index is 10.9. The number of aromatic nitrogens is 1. The number of fused-ring (bicyclic) bond motifs is 1. The van der Waals surface area contributed by atoms with Crippen LogP contribution in [0.2, 0.25) is 0 Å². The number of hydrogen-bond acceptors (Lipinski definition) is 3. The summed E-state index contributed by atoms with van der Waals surface area (Å²) in [5.41, 5.74) is 1.48. The van der Waals surface area contributed by atoms with Gasteiger partial charge in [-0.15, -0.1) is 0 Å². The number of carbonyl (C=O) groups excluding carboxylic acids is 1. The van der Waals surface area contributed by atoms with Crippen LogP contribution < -0.4 is 0 Å². The monoisotopic (exact) mass is 219 g/mol. The number of hydrogen-bond donors (Lipinski definition) is 2. The fraction of sp³-hybridized carbons (Fsp3) is 0.250. The summed E-state index contributed by atoms with van der Waals surface area (Å²) in [5, 5.41) is 19.1. The zero-order valence-electron chi connectivity index (χ0n) is 8.71. The molecular weight excluding hydrogens is 206 g/mol. The lowest BCUT2D eigenvalue weighted by Crippen LogP contribution is -2.19. The summed E-state index contributed by atoms with van der Waals surface area (Å²) in [4.78, 5) is 10.9. The smallest absolute Gasteiger partial charge is 0.152 e. The number of nitrogens with zero attached hydrogens (tertiary/aromatic N) is 1. The summed E-state index contributed by atoms with van der Waals surface area (Å²) < 4.78 is 1.78. The fourth-order valence-electron chi connectivity index (χ4n) is 1.80. The Balaban J connectivity index is 2.49. The van der Waals surface area contributed by atoms with Gasteiger partial charge in [0, 0.05) is 22.7 Å². The summed E-state index contributed by atoms with van der Waals surface area (Å²) in [6.07, 6.45) is 1.68. The minimum Gasteiger partial charge on any atom is -0.394 e. The van der Waals surface area contributed by atoms with Gasteiger partial charge < -0.3 is 14.8 Å². The Hall–Kier alpha value is -1.65. The topological polar surface area (TPSA) is 62.5 Å². The Kier molecular flexibility index (Phi) is 3.03. The third-order valence-corrected chi connectivity index (χ3v) is 2.56. The largest absolute Gasteiger partial charge is 0.394 e. The van der Waals surface area contributed by atoms with Crippen molar-refractivity contribution in [3.8, 4) is 0 Å². The van der Waals surface area contributed by atoms with Crippen LogP contribution in [0, 0.1) is 0 Å². The molecule has 1 heterocycles. The first-order chi connectivity index (χ1) is 7.76. The van der Waals surface area contributed by atoms with E-state index < -0.39 is 6.10 Å². The Bertz CT molecular complexity index is 504. The molecule has 0 aliphatic rings. The van der Waals surface area contributed by atoms with E-state index in [4.69, 9.17) is 5.11 Å². The van der Waals surface area contributed by atoms with Gasteiger partial charge in [0.2, 0.25) is 0 Å². The van der Waals surface area contributed by atoms with E-state index in [1.54, 1.807) is 10.8 Å². The first kappa shape index (κ1) is 10.9. The molecule has 0 aliphatic carbocycles. The quantitative estimate of drug-likeness (QED) is 0.748. The zero-order valence-corrected chi connectivity index (χ0v) is 8.71. The van der Waals surface area contributed by atoms with Crippen LogP contribution in [-0.4, -0.2) is 33.8 Å². The number of rotatable bonds is 4. The molecule has 0 aliphatic heterocycles. The van der Waals surface area contributed by atoms with Crippen LogP contribution in [0.25, 0.3) is 10.9 Å². The third-order valence-electron chi connectivity index (χ3n) is 2.56. The van der Waals surface area contributed by atoms with E-state index in [1.807, 2.05) is 24.3 Å². The standard InChI is InChI=1S/C12H13NO3/c14-7-9-5-13(6-10(16)8-15)12-4-2-1-3-11(9)12/h1-5,7,10,15-16H,6,8H2. The highest BCUT2D eigenvalue weighted by atomic mass is 16.3. The van der Waals surface area contributed by atoms with E-state index in [0.29, 0.717) is 5.56 Å². The molecule has 2 N–H and O–H groups in total. The van der Waals surface area contributed by atoms with Gasteiger partial charge >= 0.3 is 0 Å². The van der Waals surface area contributed by atoms with Crippen LogP contribution in [0.1, 0.15) is 10.4 Å². The van der Waals surface area contributed by atoms with E-state index in [0.717, 1.165) is 17.2 Å². The van der Waals surface area contributed by atoms with Crippen LogP contribution in [0.3, 0.4) is 0 Å². The van der Waals surface area contributed by atoms with Gasteiger partial charge in [-0.25, -0.2) is 0 Å². The molecule has 0 saturated heterocycles. The van der Waals surface area contributed by atoms with E-state index in [-0.39, 0.29) is 13.2 Å². The summed E-state index contributed by atoms with van der Waals surface area (Å²) in [6, 6.07) is 7.48. The summed E-state index contributed by atoms with van der Waals surface area (Å²) in [7, 11) is 0. The van der Waals surface area contributed by atoms with Gasteiger partial charge in [0.05, 0.1) is 19.3 Å². The molecule has 84 valence electrons. The van der Waals surface area contributed by atoms with Crippen LogP contribution in [0.15, 0.2) is 30.5 Å². The maximum absolute atomic E-state index is 10.9. The van der Waals surface area contributed by atoms with Crippen LogP contribution in [0.5, 0.6) is 0 Å². The Morgan fingerprint density at radius 1 is 1.38 bits per heavy atom. The predicted molar refractivity (Wildman–Crippen MR) is 60.4 cm³/mol. The molecule has 0 radical (unpaired) electrons. The van der Waals surface area contributed by atoms with E-state index in [1.165, 1.54) is 0 Å². The minimum atomic E-state index is -0.810. The SMILES string of the molecule is O=Cc1cn(CC(O)CO)c2ccccc12. The molecular formula is C12H13NO3. The average Bonchev–Trinajstić information content (AvgIpc) is 2.68. The molecule has 4 heteroatoms. The zero-order chi connectivity index (χ0) is 11.5. The van der Waals surface area contributed by atoms with Crippen molar-refractivity contribution >= 4 is 17.2 Å². The molecule has 1 aromatic heterocycles. The lowest BCUT2D eigenvalue weighted by atomic mass is 10.2. The normalized spacial score (nSPS) is 12.9. The van der Waals surface area contributed by atoms with Gasteiger partial charge in [-0.1, -0.05) is 18.2 Å². The molecule has 1 atom stereocenters. The summed E-state index contributed by atoms with van der Waals surface area (Å²) in [5.74, 6) is 0. The molecule has 0 spiro atoms. The van der Waals surface area contributed by atoms with Gasteiger partial charge in [0.1, 0.15) is 0 Å². The molecule has 1 unspecified atom stereocenters. The molecule has 2 aromatic rings. The van der Waals surface area contributed by atoms with Gasteiger partial charge in [0.15, 0.2) is 6.29 Å². The van der Waals surface area contributed by atoms with Gasteiger partial charge in [-0.05, 0) is 6.07 Å². The van der Waals surface area contributed by atoms with Crippen molar-refractivity contribution in [2.75, 3.05) is 6.61 Å². The van der Waals surface area contributed by atoms with Gasteiger partial charge in [-0.3, -0.25) is 4.79 Å². The second-order valence-corrected chi connectivity index (χ2v) is 3.71. The van der Waals surface area contributed by atoms with Crippen molar-refractivity contribution in [1.29, 1.82) is 0 Å². The second kappa shape index (κ2) is 4.47. The Labute approximate surface area is 92.7 Å². The molecule has 0 amide bonds. The first-order valence-electron chi connectivity index (χ1n) is 5.08. The highest BCUT2D eigenvalue weighted by Crippen LogP contribution is 2.20. The molecule has 1 aromatic carbocycles. The average molecular weight is 219 g/mol. The minimum absolute atomic E-state index is 0.283. The van der Waals surface area contributed by atoms with Crippen LogP contribution in [-0.2, 0) is 6.54 Å². The second-order valence-electron chi connectivity index (χ2n) is 3.71. The predicted octanol–water partition coefficient (Wildman–Crippen LogP) is 0.807. The number of aldehydes is 1. The maximum Gasteiger partial charge on any atom is 0.152 e. The Morgan fingerprint density at radius 3 is 2.81 bits per heavy atom. The van der Waals surface area contributed by atoms with Crippen LogP contribution >= 0.6 is 0 Å². The molecule has 0 fully saturated rings. The summed E-state index contributed by atoms with van der Waals surface area (Å²) >= 11 is 0. The first-order valence-corrected chi connectivity index (χ1v) is 5.08. The lowest BCUT2D eigenvalue weighted by molar-refractivity contribution is 0.0821. The van der Waals surface area contributed by atoms with Gasteiger partial charge in [-0.2, -0.15) is 0 Å². The number of carbonyl (C=O) groups is 1. The number of para-hydroxylation sites is 1. The van der Waals surface area contributed by atoms with Crippen LogP contribution in [0.4, 0.5) is 0 Å². The van der Waals surface area contributed by atoms with Crippen molar-refractivity contribution in [2.24, 2.45) is 0 Å². The summed E-state index contributed by atoms with van der Waals surface area (Å²) in [6.45, 7) is -0.00617. The van der Waals surface area contributed by atoms with E-state index in [9.17, 15) is 9.90 Å². The van der Waals surface area contributed by atoms with Crippen molar-refractivity contribution in [3.63, 3.8) is 0 Å². The van der Waals surface area contributed by atoms with E-state index in [2.05, 4.69) is 0 Å². The molecule has 2 rings (SSSR count). The molecule has 4 nitrogen and oxygen atoms in total. The van der Waals surface area contributed by atoms with Crippen molar-refractivity contribution in [3.05, 3.63) is 36.0 Å². The van der Waals surface area contributed by atoms with Gasteiger partial charge in [0.25, 0.3) is 0 Å². The molecule has 16 heavy (non-hydrogen) atoms. The Morgan fingerprint density at radius 2 is 2.12 bits per heavy atom. The highest BCUT2D eigenvalue weighted by Gasteiger charge is 2.10. The highest BCUT2D eigenvalue weighted by molar-refractivity contribution is 5.97. The lowest BCUT2D eigenvalue weighted by Gasteiger charge is -2.09. The molecule has 0 bridgehead atoms. The van der Waals surface area contributed by atoms with Crippen molar-refractivity contribution in [2.45, 2.75) is 12.6 Å². The fourth-order valence-corrected chi connectivity index (χ4v) is 1.80. The number of aliphatic hydroxyl groups is 2. The van der Waals surface area contributed by atoms with E-state index >= 15 is 0 Å². The number of aliphatic hydroxyl groups excluding tert-OH is 2. The molecule has 0 saturated carbocycles.